The topological polar surface area (TPSA) is 86.6 Å². The Morgan fingerprint density at radius 2 is 2.03 bits per heavy atom. The molecule has 0 aliphatic heterocycles. The van der Waals surface area contributed by atoms with Crippen molar-refractivity contribution in [3.8, 4) is 5.75 Å². The van der Waals surface area contributed by atoms with Gasteiger partial charge in [0.25, 0.3) is 5.91 Å². The fraction of sp³-hybridized carbons (Fsp3) is 0.478. The summed E-state index contributed by atoms with van der Waals surface area (Å²) < 4.78 is 1.00. The van der Waals surface area contributed by atoms with Gasteiger partial charge in [-0.1, -0.05) is 12.2 Å². The smallest absolute Gasteiger partial charge is 0.303 e. The Labute approximate surface area is 174 Å². The van der Waals surface area contributed by atoms with E-state index in [1.165, 1.54) is 30.6 Å². The zero-order chi connectivity index (χ0) is 20.4. The molecule has 6 heteroatoms. The number of phenols is 1. The van der Waals surface area contributed by atoms with E-state index < -0.39 is 5.97 Å². The number of aromatic hydroxyl groups is 1. The van der Waals surface area contributed by atoms with Gasteiger partial charge in [0.15, 0.2) is 0 Å². The highest BCUT2D eigenvalue weighted by molar-refractivity contribution is 7.17. The van der Waals surface area contributed by atoms with Crippen LogP contribution >= 0.6 is 11.3 Å². The third-order valence-electron chi connectivity index (χ3n) is 6.52. The summed E-state index contributed by atoms with van der Waals surface area (Å²) in [5.74, 6) is 1.05. The second kappa shape index (κ2) is 8.57. The number of thiophene rings is 1. The van der Waals surface area contributed by atoms with Gasteiger partial charge in [0.1, 0.15) is 5.75 Å². The fourth-order valence-corrected chi connectivity index (χ4v) is 6.06. The lowest BCUT2D eigenvalue weighted by Gasteiger charge is -2.31. The molecule has 2 aliphatic carbocycles. The zero-order valence-corrected chi connectivity index (χ0v) is 17.2. The van der Waals surface area contributed by atoms with Crippen molar-refractivity contribution in [3.05, 3.63) is 41.3 Å². The summed E-state index contributed by atoms with van der Waals surface area (Å²) in [6.07, 6.45) is 10.5. The third-order valence-corrected chi connectivity index (χ3v) is 7.49. The third kappa shape index (κ3) is 4.32. The molecule has 0 unspecified atom stereocenters. The fourth-order valence-electron chi connectivity index (χ4n) is 5.14. The van der Waals surface area contributed by atoms with Gasteiger partial charge in [0.05, 0.1) is 5.56 Å². The minimum Gasteiger partial charge on any atom is -0.508 e. The highest BCUT2D eigenvalue weighted by Crippen LogP contribution is 2.50. The molecule has 5 nitrogen and oxygen atoms in total. The summed E-state index contributed by atoms with van der Waals surface area (Å²) in [7, 11) is 0. The van der Waals surface area contributed by atoms with E-state index in [1.807, 2.05) is 11.4 Å². The van der Waals surface area contributed by atoms with Gasteiger partial charge in [-0.3, -0.25) is 9.59 Å². The molecule has 154 valence electrons. The van der Waals surface area contributed by atoms with E-state index in [0.717, 1.165) is 22.9 Å². The molecule has 4 rings (SSSR count). The number of phenolic OH excluding ortho intramolecular Hbond substituents is 1. The van der Waals surface area contributed by atoms with E-state index in [9.17, 15) is 14.7 Å². The first-order chi connectivity index (χ1) is 14.0. The van der Waals surface area contributed by atoms with Crippen LogP contribution in [0.3, 0.4) is 0 Å². The first-order valence-corrected chi connectivity index (χ1v) is 11.3. The van der Waals surface area contributed by atoms with Gasteiger partial charge in [0, 0.05) is 27.9 Å². The van der Waals surface area contributed by atoms with Gasteiger partial charge in [0.2, 0.25) is 0 Å². The highest BCUT2D eigenvalue weighted by atomic mass is 32.1. The summed E-state index contributed by atoms with van der Waals surface area (Å²) in [6.45, 7) is 0. The van der Waals surface area contributed by atoms with E-state index in [2.05, 4.69) is 17.5 Å². The van der Waals surface area contributed by atoms with Crippen molar-refractivity contribution in [2.75, 3.05) is 0 Å². The van der Waals surface area contributed by atoms with Crippen LogP contribution in [0.25, 0.3) is 10.1 Å². The van der Waals surface area contributed by atoms with Crippen molar-refractivity contribution in [2.24, 2.45) is 17.8 Å². The number of rotatable bonds is 8. The van der Waals surface area contributed by atoms with Gasteiger partial charge < -0.3 is 15.5 Å². The predicted octanol–water partition coefficient (Wildman–Crippen LogP) is 4.95. The summed E-state index contributed by atoms with van der Waals surface area (Å²) >= 11 is 1.52. The molecule has 0 radical (unpaired) electrons. The second-order valence-corrected chi connectivity index (χ2v) is 9.23. The maximum Gasteiger partial charge on any atom is 0.303 e. The summed E-state index contributed by atoms with van der Waals surface area (Å²) in [4.78, 5) is 23.6. The Kier molecular flexibility index (Phi) is 5.90. The molecule has 2 saturated carbocycles. The number of fused-ring (bicyclic) bond motifs is 3. The van der Waals surface area contributed by atoms with Crippen molar-refractivity contribution in [1.29, 1.82) is 0 Å². The van der Waals surface area contributed by atoms with Crippen LogP contribution in [0.4, 0.5) is 0 Å². The second-order valence-electron chi connectivity index (χ2n) is 8.32. The average Bonchev–Trinajstić information content (AvgIpc) is 3.39. The molecule has 2 bridgehead atoms. The van der Waals surface area contributed by atoms with Crippen LogP contribution in [0.1, 0.15) is 55.3 Å². The van der Waals surface area contributed by atoms with Crippen molar-refractivity contribution < 1.29 is 19.8 Å². The molecule has 2 fully saturated rings. The number of amides is 1. The number of carboxylic acids is 1. The Hall–Kier alpha value is -2.34. The van der Waals surface area contributed by atoms with Crippen molar-refractivity contribution in [1.82, 2.24) is 5.32 Å². The van der Waals surface area contributed by atoms with E-state index >= 15 is 0 Å². The average molecular weight is 414 g/mol. The quantitative estimate of drug-likeness (QED) is 0.422. The number of carbonyl (C=O) groups excluding carboxylic acids is 1. The van der Waals surface area contributed by atoms with Gasteiger partial charge >= 0.3 is 5.97 Å². The van der Waals surface area contributed by atoms with Crippen LogP contribution in [-0.4, -0.2) is 28.1 Å². The monoisotopic (exact) mass is 413 g/mol. The van der Waals surface area contributed by atoms with Crippen LogP contribution in [0.2, 0.25) is 0 Å². The molecule has 1 aromatic carbocycles. The molecule has 29 heavy (non-hydrogen) atoms. The zero-order valence-electron chi connectivity index (χ0n) is 16.3. The number of unbranched alkanes of at least 4 members (excludes halogenated alkanes) is 1. The first-order valence-electron chi connectivity index (χ1n) is 10.4. The lowest BCUT2D eigenvalue weighted by molar-refractivity contribution is -0.137. The number of benzene rings is 1. The lowest BCUT2D eigenvalue weighted by Crippen LogP contribution is -2.43. The van der Waals surface area contributed by atoms with Gasteiger partial charge in [-0.05, 0) is 74.5 Å². The van der Waals surface area contributed by atoms with Crippen LogP contribution in [0.15, 0.2) is 35.7 Å². The lowest BCUT2D eigenvalue weighted by atomic mass is 9.82. The standard InChI is InChI=1S/C23H27NO4S/c25-16-9-10-20-18(12-16)19(13-29-20)23(28)24-22-15-8-7-14(11-15)17(22)5-3-1-2-4-6-21(26)27/h1,3,9-10,12-15,17,22,25H,2,4-8,11H2,(H,24,28)(H,26,27)/b3-1-/t14-,15+,17+,22-/m0/s1. The summed E-state index contributed by atoms with van der Waals surface area (Å²) in [5.41, 5.74) is 0.645. The van der Waals surface area contributed by atoms with Crippen molar-refractivity contribution in [2.45, 2.75) is 51.0 Å². The number of nitrogens with one attached hydrogen (secondary N) is 1. The Bertz CT molecular complexity index is 934. The molecule has 4 atom stereocenters. The van der Waals surface area contributed by atoms with Crippen LogP contribution < -0.4 is 5.32 Å². The molecule has 1 aromatic heterocycles. The summed E-state index contributed by atoms with van der Waals surface area (Å²) in [5, 5.41) is 24.5. The van der Waals surface area contributed by atoms with Crippen LogP contribution in [0, 0.1) is 17.8 Å². The van der Waals surface area contributed by atoms with Crippen LogP contribution in [-0.2, 0) is 4.79 Å². The number of carboxylic acid groups (broad SMARTS) is 1. The molecule has 0 spiro atoms. The minimum absolute atomic E-state index is 0.0464. The molecular weight excluding hydrogens is 386 g/mol. The van der Waals surface area contributed by atoms with E-state index in [-0.39, 0.29) is 24.1 Å². The Balaban J connectivity index is 1.41. The summed E-state index contributed by atoms with van der Waals surface area (Å²) in [6, 6.07) is 5.35. The largest absolute Gasteiger partial charge is 0.508 e. The minimum atomic E-state index is -0.747. The Morgan fingerprint density at radius 3 is 2.86 bits per heavy atom. The predicted molar refractivity (Wildman–Crippen MR) is 114 cm³/mol. The van der Waals surface area contributed by atoms with Gasteiger partial charge in [-0.2, -0.15) is 0 Å². The van der Waals surface area contributed by atoms with Crippen LogP contribution in [0.5, 0.6) is 5.75 Å². The molecular formula is C23H27NO4S. The number of hydrogen-bond acceptors (Lipinski definition) is 4. The van der Waals surface area contributed by atoms with Crippen molar-refractivity contribution in [3.63, 3.8) is 0 Å². The molecule has 1 amide bonds. The maximum absolute atomic E-state index is 13.0. The first kappa shape index (κ1) is 20.0. The SMILES string of the molecule is O=C(O)CCC/C=C\C[C@@H]1[C@H]2CC[C@H](C2)[C@@H]1NC(=O)c1csc2ccc(O)cc12. The maximum atomic E-state index is 13.0. The molecule has 1 heterocycles. The van der Waals surface area contributed by atoms with E-state index in [1.54, 1.807) is 12.1 Å². The van der Waals surface area contributed by atoms with Gasteiger partial charge in [-0.15, -0.1) is 11.3 Å². The number of aliphatic carboxylic acids is 1. The molecule has 2 aliphatic rings. The Morgan fingerprint density at radius 1 is 1.21 bits per heavy atom. The highest BCUT2D eigenvalue weighted by Gasteiger charge is 2.47. The van der Waals surface area contributed by atoms with E-state index in [0.29, 0.717) is 29.7 Å². The number of hydrogen-bond donors (Lipinski definition) is 3. The molecule has 0 saturated heterocycles. The van der Waals surface area contributed by atoms with E-state index in [4.69, 9.17) is 5.11 Å². The van der Waals surface area contributed by atoms with Crippen molar-refractivity contribution >= 4 is 33.3 Å². The normalized spacial score (nSPS) is 25.8. The molecule has 3 N–H and O–H groups in total. The molecule has 2 aromatic rings. The number of carbonyl (C=O) groups is 2. The van der Waals surface area contributed by atoms with Gasteiger partial charge in [-0.25, -0.2) is 0 Å². The number of allylic oxidation sites excluding steroid dienone is 2.